The Labute approximate surface area is 186 Å². The molecule has 1 heteroatoms. The van der Waals surface area contributed by atoms with Crippen LogP contribution in [0.2, 0.25) is 0 Å². The molecule has 1 nitrogen and oxygen atoms in total. The van der Waals surface area contributed by atoms with E-state index < -0.39 is 0 Å². The Morgan fingerprint density at radius 2 is 0.966 bits per heavy atom. The first kappa shape index (κ1) is 27.0. The highest BCUT2D eigenvalue weighted by molar-refractivity contribution is 4.86. The van der Waals surface area contributed by atoms with Gasteiger partial charge in [0.25, 0.3) is 0 Å². The van der Waals surface area contributed by atoms with E-state index in [1.165, 1.54) is 153 Å². The molecule has 0 bridgehead atoms. The average Bonchev–Trinajstić information content (AvgIpc) is 2.76. The molecule has 0 saturated heterocycles. The van der Waals surface area contributed by atoms with Gasteiger partial charge < -0.3 is 4.48 Å². The number of quaternary nitrogens is 1. The van der Waals surface area contributed by atoms with Crippen LogP contribution in [0.15, 0.2) is 0 Å². The van der Waals surface area contributed by atoms with Gasteiger partial charge in [-0.15, -0.1) is 0 Å². The number of nitrogens with zero attached hydrogens (tertiary/aromatic N) is 1. The van der Waals surface area contributed by atoms with E-state index in [1.54, 1.807) is 0 Å². The fraction of sp³-hybridized carbons (Fsp3) is 1.00. The van der Waals surface area contributed by atoms with Crippen LogP contribution in [0.4, 0.5) is 0 Å². The molecule has 0 unspecified atom stereocenters. The smallest absolute Gasteiger partial charge is 0.0992 e. The van der Waals surface area contributed by atoms with E-state index in [0.29, 0.717) is 5.54 Å². The van der Waals surface area contributed by atoms with Crippen molar-refractivity contribution in [2.24, 2.45) is 0 Å². The van der Waals surface area contributed by atoms with E-state index in [2.05, 4.69) is 27.7 Å². The molecule has 0 radical (unpaired) electrons. The lowest BCUT2D eigenvalue weighted by Crippen LogP contribution is -2.65. The Bertz CT molecular complexity index is 351. The lowest BCUT2D eigenvalue weighted by Gasteiger charge is -2.55. The normalized spacial score (nSPS) is 17.0. The molecular weight excluding hydrogens is 350 g/mol. The van der Waals surface area contributed by atoms with Crippen molar-refractivity contribution in [2.45, 2.75) is 162 Å². The maximum Gasteiger partial charge on any atom is 0.0992 e. The molecule has 0 aromatic carbocycles. The van der Waals surface area contributed by atoms with E-state index in [1.807, 2.05) is 0 Å². The molecule has 0 spiro atoms. The maximum atomic E-state index is 2.49. The van der Waals surface area contributed by atoms with Gasteiger partial charge in [0.05, 0.1) is 25.2 Å². The fourth-order valence-electron chi connectivity index (χ4n) is 6.38. The standard InChI is InChI=1S/C28H58N/c1-5-9-11-12-13-14-15-16-17-18-19-23-27-29(7-3,8-4)28(24-10-6-2)25-21-20-22-26-28/h5-27H2,1-4H3/q+1. The van der Waals surface area contributed by atoms with Crippen molar-refractivity contribution in [3.63, 3.8) is 0 Å². The van der Waals surface area contributed by atoms with Crippen LogP contribution in [0, 0.1) is 0 Å². The quantitative estimate of drug-likeness (QED) is 0.147. The van der Waals surface area contributed by atoms with Crippen LogP contribution in [0.1, 0.15) is 156 Å². The zero-order valence-corrected chi connectivity index (χ0v) is 21.2. The molecule has 1 fully saturated rings. The maximum absolute atomic E-state index is 2.49. The molecule has 0 N–H and O–H groups in total. The number of rotatable bonds is 19. The minimum absolute atomic E-state index is 0.621. The van der Waals surface area contributed by atoms with E-state index in [0.717, 1.165) is 0 Å². The van der Waals surface area contributed by atoms with Crippen LogP contribution >= 0.6 is 0 Å². The second-order valence-electron chi connectivity index (χ2n) is 10.3. The molecule has 1 aliphatic carbocycles. The molecule has 0 heterocycles. The zero-order valence-electron chi connectivity index (χ0n) is 21.2. The Morgan fingerprint density at radius 1 is 0.517 bits per heavy atom. The van der Waals surface area contributed by atoms with Crippen LogP contribution < -0.4 is 0 Å². The summed E-state index contributed by atoms with van der Waals surface area (Å²) in [7, 11) is 0. The van der Waals surface area contributed by atoms with Crippen LogP contribution in [0.3, 0.4) is 0 Å². The van der Waals surface area contributed by atoms with Gasteiger partial charge in [-0.25, -0.2) is 0 Å². The molecule has 0 aromatic rings. The topological polar surface area (TPSA) is 0 Å². The van der Waals surface area contributed by atoms with Gasteiger partial charge in [0.2, 0.25) is 0 Å². The van der Waals surface area contributed by atoms with Gasteiger partial charge in [0, 0.05) is 19.3 Å². The minimum atomic E-state index is 0.621. The third-order valence-corrected chi connectivity index (χ3v) is 8.44. The predicted molar refractivity (Wildman–Crippen MR) is 133 cm³/mol. The van der Waals surface area contributed by atoms with E-state index in [-0.39, 0.29) is 0 Å². The van der Waals surface area contributed by atoms with Crippen LogP contribution in [0.25, 0.3) is 0 Å². The first-order valence-electron chi connectivity index (χ1n) is 14.1. The molecule has 0 aromatic heterocycles. The van der Waals surface area contributed by atoms with Gasteiger partial charge in [-0.3, -0.25) is 0 Å². The number of hydrogen-bond donors (Lipinski definition) is 0. The summed E-state index contributed by atoms with van der Waals surface area (Å²) in [6.45, 7) is 13.8. The Kier molecular flexibility index (Phi) is 15.5. The predicted octanol–water partition coefficient (Wildman–Crippen LogP) is 9.44. The fourth-order valence-corrected chi connectivity index (χ4v) is 6.38. The van der Waals surface area contributed by atoms with Gasteiger partial charge >= 0.3 is 0 Å². The summed E-state index contributed by atoms with van der Waals surface area (Å²) in [5, 5.41) is 0. The molecule has 1 rings (SSSR count). The summed E-state index contributed by atoms with van der Waals surface area (Å²) >= 11 is 0. The lowest BCUT2D eigenvalue weighted by molar-refractivity contribution is -0.976. The van der Waals surface area contributed by atoms with Gasteiger partial charge in [0.1, 0.15) is 0 Å². The highest BCUT2D eigenvalue weighted by Gasteiger charge is 2.48. The SMILES string of the molecule is CCCCCCCCCCCCCC[N+](CC)(CC)C1(CCCC)CCCCC1. The Hall–Kier alpha value is -0.0400. The van der Waals surface area contributed by atoms with Gasteiger partial charge in [0.15, 0.2) is 0 Å². The summed E-state index contributed by atoms with van der Waals surface area (Å²) in [4.78, 5) is 0. The summed E-state index contributed by atoms with van der Waals surface area (Å²) < 4.78 is 1.44. The van der Waals surface area contributed by atoms with E-state index in [9.17, 15) is 0 Å². The second-order valence-corrected chi connectivity index (χ2v) is 10.3. The lowest BCUT2D eigenvalue weighted by atomic mass is 9.74. The van der Waals surface area contributed by atoms with Crippen molar-refractivity contribution in [1.29, 1.82) is 0 Å². The van der Waals surface area contributed by atoms with Crippen LogP contribution in [-0.2, 0) is 0 Å². The van der Waals surface area contributed by atoms with Crippen molar-refractivity contribution in [1.82, 2.24) is 0 Å². The Morgan fingerprint density at radius 3 is 1.41 bits per heavy atom. The van der Waals surface area contributed by atoms with Gasteiger partial charge in [-0.1, -0.05) is 90.9 Å². The first-order valence-corrected chi connectivity index (χ1v) is 14.1. The first-order chi connectivity index (χ1) is 14.2. The van der Waals surface area contributed by atoms with Crippen LogP contribution in [-0.4, -0.2) is 29.7 Å². The summed E-state index contributed by atoms with van der Waals surface area (Å²) in [5.74, 6) is 0. The minimum Gasteiger partial charge on any atom is -0.319 e. The number of unbranched alkanes of at least 4 members (excludes halogenated alkanes) is 12. The van der Waals surface area contributed by atoms with Crippen molar-refractivity contribution >= 4 is 0 Å². The van der Waals surface area contributed by atoms with Crippen molar-refractivity contribution in [3.05, 3.63) is 0 Å². The summed E-state index contributed by atoms with van der Waals surface area (Å²) in [6.07, 6.45) is 29.3. The third-order valence-electron chi connectivity index (χ3n) is 8.44. The molecule has 0 amide bonds. The second kappa shape index (κ2) is 16.6. The van der Waals surface area contributed by atoms with Gasteiger partial charge in [-0.2, -0.15) is 0 Å². The largest absolute Gasteiger partial charge is 0.319 e. The molecule has 174 valence electrons. The Balaban J connectivity index is 2.30. The molecule has 1 saturated carbocycles. The summed E-state index contributed by atoms with van der Waals surface area (Å²) in [5.41, 5.74) is 0.621. The van der Waals surface area contributed by atoms with Crippen molar-refractivity contribution < 1.29 is 4.48 Å². The average molecular weight is 409 g/mol. The molecule has 0 atom stereocenters. The van der Waals surface area contributed by atoms with Crippen LogP contribution in [0.5, 0.6) is 0 Å². The van der Waals surface area contributed by atoms with Gasteiger partial charge in [-0.05, 0) is 46.0 Å². The summed E-state index contributed by atoms with van der Waals surface area (Å²) in [6, 6.07) is 0. The van der Waals surface area contributed by atoms with Crippen molar-refractivity contribution in [2.75, 3.05) is 19.6 Å². The van der Waals surface area contributed by atoms with E-state index >= 15 is 0 Å². The monoisotopic (exact) mass is 408 g/mol. The zero-order chi connectivity index (χ0) is 21.3. The van der Waals surface area contributed by atoms with E-state index in [4.69, 9.17) is 0 Å². The third kappa shape index (κ3) is 9.32. The van der Waals surface area contributed by atoms with Crippen molar-refractivity contribution in [3.8, 4) is 0 Å². The highest BCUT2D eigenvalue weighted by Crippen LogP contribution is 2.43. The molecular formula is C28H58N+. The highest BCUT2D eigenvalue weighted by atomic mass is 15.4. The molecule has 29 heavy (non-hydrogen) atoms. The molecule has 0 aliphatic heterocycles. The molecule has 1 aliphatic rings. The number of hydrogen-bond acceptors (Lipinski definition) is 0.